The SMILES string of the molecule is O=S(=O)(O)OP(Cl)Cl. The van der Waals surface area contributed by atoms with Crippen molar-refractivity contribution in [3.05, 3.63) is 0 Å². The van der Waals surface area contributed by atoms with Gasteiger partial charge in [0.2, 0.25) is 6.85 Å². The lowest BCUT2D eigenvalue weighted by atomic mass is 15.8. The van der Waals surface area contributed by atoms with E-state index in [0.29, 0.717) is 0 Å². The van der Waals surface area contributed by atoms with E-state index in [2.05, 4.69) is 3.97 Å². The van der Waals surface area contributed by atoms with Crippen molar-refractivity contribution in [3.8, 4) is 0 Å². The lowest BCUT2D eigenvalue weighted by Gasteiger charge is -1.93. The highest BCUT2D eigenvalue weighted by molar-refractivity contribution is 8.05. The van der Waals surface area contributed by atoms with Crippen LogP contribution in [-0.2, 0) is 14.4 Å². The van der Waals surface area contributed by atoms with Gasteiger partial charge in [0.15, 0.2) is 0 Å². The van der Waals surface area contributed by atoms with Crippen molar-refractivity contribution in [3.63, 3.8) is 0 Å². The van der Waals surface area contributed by atoms with Crippen molar-refractivity contribution < 1.29 is 16.9 Å². The molecule has 8 heavy (non-hydrogen) atoms. The van der Waals surface area contributed by atoms with Crippen LogP contribution < -0.4 is 0 Å². The van der Waals surface area contributed by atoms with Gasteiger partial charge in [-0.25, -0.2) is 0 Å². The van der Waals surface area contributed by atoms with Crippen molar-refractivity contribution >= 4 is 39.7 Å². The van der Waals surface area contributed by atoms with Crippen molar-refractivity contribution in [1.29, 1.82) is 0 Å². The van der Waals surface area contributed by atoms with Gasteiger partial charge in [0.1, 0.15) is 0 Å². The van der Waals surface area contributed by atoms with Crippen LogP contribution in [0.2, 0.25) is 0 Å². The average Bonchev–Trinajstić information content (AvgIpc) is 1.21. The quantitative estimate of drug-likeness (QED) is 0.540. The molecule has 0 spiro atoms. The fourth-order valence-electron chi connectivity index (χ4n) is 0.0712. The van der Waals surface area contributed by atoms with E-state index >= 15 is 0 Å². The third-order valence-electron chi connectivity index (χ3n) is 0.151. The Labute approximate surface area is 57.1 Å². The number of hydrogen-bond acceptors (Lipinski definition) is 3. The summed E-state index contributed by atoms with van der Waals surface area (Å²) in [5, 5.41) is 0. The van der Waals surface area contributed by atoms with E-state index in [1.807, 2.05) is 0 Å². The van der Waals surface area contributed by atoms with Crippen LogP contribution in [-0.4, -0.2) is 13.0 Å². The molecule has 0 aliphatic rings. The normalized spacial score (nSPS) is 12.5. The molecule has 0 radical (unpaired) electrons. The molecule has 0 unspecified atom stereocenters. The van der Waals surface area contributed by atoms with Crippen LogP contribution in [0.15, 0.2) is 0 Å². The molecule has 0 aromatic heterocycles. The molecule has 0 heterocycles. The lowest BCUT2D eigenvalue weighted by Crippen LogP contribution is -1.94. The molecule has 0 aromatic carbocycles. The molecule has 0 rings (SSSR count). The summed E-state index contributed by atoms with van der Waals surface area (Å²) in [6.07, 6.45) is 0. The first-order valence-corrected chi connectivity index (χ1v) is 5.64. The van der Waals surface area contributed by atoms with Gasteiger partial charge in [0.05, 0.1) is 0 Å². The maximum atomic E-state index is 9.62. The van der Waals surface area contributed by atoms with Crippen LogP contribution in [0.1, 0.15) is 0 Å². The first kappa shape index (κ1) is 8.88. The van der Waals surface area contributed by atoms with E-state index < -0.39 is 17.3 Å². The Balaban J connectivity index is 3.75. The molecular formula is HCl2O4PS. The zero-order chi connectivity index (χ0) is 6.78. The largest absolute Gasteiger partial charge is 0.402 e. The van der Waals surface area contributed by atoms with Gasteiger partial charge in [-0.1, -0.05) is 0 Å². The zero-order valence-corrected chi connectivity index (χ0v) is 6.51. The van der Waals surface area contributed by atoms with Gasteiger partial charge in [0, 0.05) is 0 Å². The summed E-state index contributed by atoms with van der Waals surface area (Å²) in [5.74, 6) is 0. The van der Waals surface area contributed by atoms with E-state index in [9.17, 15) is 8.42 Å². The molecule has 8 heteroatoms. The monoisotopic (exact) mass is 198 g/mol. The number of rotatable bonds is 2. The Morgan fingerprint density at radius 3 is 1.88 bits per heavy atom. The summed E-state index contributed by atoms with van der Waals surface area (Å²) in [6, 6.07) is 0. The molecule has 4 nitrogen and oxygen atoms in total. The standard InChI is InChI=1S/Cl2HO4PS/c1-7(2)6-8(3,4)5/h(H,3,4,5). The van der Waals surface area contributed by atoms with E-state index in [4.69, 9.17) is 27.0 Å². The second-order valence-electron chi connectivity index (χ2n) is 0.704. The smallest absolute Gasteiger partial charge is 0.263 e. The molecule has 0 fully saturated rings. The predicted octanol–water partition coefficient (Wildman–Crippen LogP) is 1.51. The minimum Gasteiger partial charge on any atom is -0.263 e. The molecule has 0 aliphatic carbocycles. The van der Waals surface area contributed by atoms with Crippen LogP contribution in [0.4, 0.5) is 0 Å². The predicted molar refractivity (Wildman–Crippen MR) is 31.3 cm³/mol. The summed E-state index contributed by atoms with van der Waals surface area (Å²) < 4.78 is 30.6. The molecule has 0 saturated heterocycles. The minimum absolute atomic E-state index is 2.08. The molecule has 0 saturated carbocycles. The second-order valence-corrected chi connectivity index (χ2v) is 4.92. The summed E-state index contributed by atoms with van der Waals surface area (Å²) in [6.45, 7) is -2.08. The molecular weight excluding hydrogens is 198 g/mol. The minimum atomic E-state index is -4.46. The van der Waals surface area contributed by atoms with Crippen LogP contribution in [0.25, 0.3) is 0 Å². The summed E-state index contributed by atoms with van der Waals surface area (Å²) in [4.78, 5) is 0. The van der Waals surface area contributed by atoms with Crippen molar-refractivity contribution in [2.75, 3.05) is 0 Å². The fraction of sp³-hybridized carbons (Fsp3) is 0. The van der Waals surface area contributed by atoms with E-state index in [0.717, 1.165) is 0 Å². The first-order chi connectivity index (χ1) is 3.42. The van der Waals surface area contributed by atoms with E-state index in [1.165, 1.54) is 0 Å². The van der Waals surface area contributed by atoms with Gasteiger partial charge in [0.25, 0.3) is 0 Å². The lowest BCUT2D eigenvalue weighted by molar-refractivity contribution is 0.405. The number of halogens is 2. The number of hydrogen-bond donors (Lipinski definition) is 1. The third-order valence-corrected chi connectivity index (χ3v) is 2.37. The van der Waals surface area contributed by atoms with Gasteiger partial charge in [-0.3, -0.25) is 4.55 Å². The van der Waals surface area contributed by atoms with Crippen LogP contribution in [0.3, 0.4) is 0 Å². The van der Waals surface area contributed by atoms with Crippen LogP contribution >= 0.6 is 29.3 Å². The summed E-state index contributed by atoms with van der Waals surface area (Å²) in [5.41, 5.74) is 0. The van der Waals surface area contributed by atoms with Crippen LogP contribution in [0, 0.1) is 0 Å². The molecule has 0 atom stereocenters. The topological polar surface area (TPSA) is 63.6 Å². The van der Waals surface area contributed by atoms with Gasteiger partial charge in [-0.05, 0) is 22.5 Å². The Morgan fingerprint density at radius 2 is 1.88 bits per heavy atom. The van der Waals surface area contributed by atoms with Crippen molar-refractivity contribution in [2.45, 2.75) is 0 Å². The van der Waals surface area contributed by atoms with Gasteiger partial charge in [-0.2, -0.15) is 12.4 Å². The van der Waals surface area contributed by atoms with Crippen LogP contribution in [0.5, 0.6) is 0 Å². The van der Waals surface area contributed by atoms with E-state index in [1.54, 1.807) is 0 Å². The fourth-order valence-corrected chi connectivity index (χ4v) is 1.92. The second kappa shape index (κ2) is 3.15. The highest BCUT2D eigenvalue weighted by Gasteiger charge is 2.10. The Bertz CT molecular complexity index is 147. The molecule has 0 bridgehead atoms. The maximum Gasteiger partial charge on any atom is 0.402 e. The van der Waals surface area contributed by atoms with Gasteiger partial charge < -0.3 is 0 Å². The molecule has 0 aliphatic heterocycles. The average molecular weight is 199 g/mol. The highest BCUT2D eigenvalue weighted by atomic mass is 35.9. The summed E-state index contributed by atoms with van der Waals surface area (Å²) in [7, 11) is -4.46. The molecule has 0 amide bonds. The maximum absolute atomic E-state index is 9.62. The zero-order valence-electron chi connectivity index (χ0n) is 3.28. The van der Waals surface area contributed by atoms with Crippen molar-refractivity contribution in [1.82, 2.24) is 0 Å². The highest BCUT2D eigenvalue weighted by Crippen LogP contribution is 2.48. The molecule has 1 N–H and O–H groups in total. The molecule has 50 valence electrons. The van der Waals surface area contributed by atoms with Gasteiger partial charge >= 0.3 is 10.4 Å². The Kier molecular flexibility index (Phi) is 3.50. The Hall–Kier alpha value is 0.880. The Morgan fingerprint density at radius 1 is 1.50 bits per heavy atom. The van der Waals surface area contributed by atoms with E-state index in [-0.39, 0.29) is 0 Å². The van der Waals surface area contributed by atoms with Crippen molar-refractivity contribution in [2.24, 2.45) is 0 Å². The van der Waals surface area contributed by atoms with Gasteiger partial charge in [-0.15, -0.1) is 0 Å². The third kappa shape index (κ3) is 6.88. The molecule has 0 aromatic rings. The summed E-state index contributed by atoms with van der Waals surface area (Å²) >= 11 is 9.66. The first-order valence-electron chi connectivity index (χ1n) is 1.20.